The molecule has 92 valence electrons. The monoisotopic (exact) mass is 244 g/mol. The molecular weight excluding hydrogens is 224 g/mol. The van der Waals surface area contributed by atoms with Crippen molar-refractivity contribution >= 4 is 12.4 Å². The summed E-state index contributed by atoms with van der Waals surface area (Å²) in [5, 5.41) is 0. The van der Waals surface area contributed by atoms with Crippen LogP contribution in [0.1, 0.15) is 31.6 Å². The highest BCUT2D eigenvalue weighted by Crippen LogP contribution is 2.26. The van der Waals surface area contributed by atoms with E-state index in [1.165, 1.54) is 19.4 Å². The van der Waals surface area contributed by atoms with Gasteiger partial charge in [-0.2, -0.15) is 0 Å². The van der Waals surface area contributed by atoms with Gasteiger partial charge in [-0.3, -0.25) is 4.90 Å². The second-order valence-electron chi connectivity index (χ2n) is 4.43. The molecule has 0 aromatic carbocycles. The first-order valence-corrected chi connectivity index (χ1v) is 5.78. The predicted molar refractivity (Wildman–Crippen MR) is 67.7 cm³/mol. The predicted octanol–water partition coefficient (Wildman–Crippen LogP) is 2.43. The van der Waals surface area contributed by atoms with E-state index in [0.717, 1.165) is 18.8 Å². The summed E-state index contributed by atoms with van der Waals surface area (Å²) in [6.07, 6.45) is 4.28. The molecule has 1 aliphatic heterocycles. The van der Waals surface area contributed by atoms with Crippen LogP contribution < -0.4 is 5.73 Å². The van der Waals surface area contributed by atoms with Crippen molar-refractivity contribution in [2.45, 2.75) is 25.8 Å². The number of nitrogens with two attached hydrogens (primary N) is 1. The molecule has 0 aliphatic carbocycles. The van der Waals surface area contributed by atoms with Gasteiger partial charge in [-0.05, 0) is 50.9 Å². The highest BCUT2D eigenvalue weighted by atomic mass is 35.5. The van der Waals surface area contributed by atoms with Crippen molar-refractivity contribution in [1.82, 2.24) is 4.90 Å². The van der Waals surface area contributed by atoms with Gasteiger partial charge in [-0.1, -0.05) is 0 Å². The molecule has 2 N–H and O–H groups in total. The standard InChI is InChI=1S/C12H20N2O.ClH/c1-10(12-5-3-7-15-12)14-6-2-4-11(8-13)9-14;/h3,5,7,10-11H,2,4,6,8-9,13H2,1H3;1H. The summed E-state index contributed by atoms with van der Waals surface area (Å²) in [4.78, 5) is 2.47. The van der Waals surface area contributed by atoms with Gasteiger partial charge < -0.3 is 10.2 Å². The third-order valence-corrected chi connectivity index (χ3v) is 3.39. The van der Waals surface area contributed by atoms with E-state index in [9.17, 15) is 0 Å². The summed E-state index contributed by atoms with van der Waals surface area (Å²) >= 11 is 0. The smallest absolute Gasteiger partial charge is 0.120 e. The minimum Gasteiger partial charge on any atom is -0.468 e. The number of halogens is 1. The largest absolute Gasteiger partial charge is 0.468 e. The lowest BCUT2D eigenvalue weighted by Gasteiger charge is -2.35. The van der Waals surface area contributed by atoms with E-state index in [1.54, 1.807) is 6.26 Å². The van der Waals surface area contributed by atoms with Crippen molar-refractivity contribution in [3.8, 4) is 0 Å². The summed E-state index contributed by atoms with van der Waals surface area (Å²) in [7, 11) is 0. The Morgan fingerprint density at radius 1 is 1.62 bits per heavy atom. The lowest BCUT2D eigenvalue weighted by Crippen LogP contribution is -2.39. The summed E-state index contributed by atoms with van der Waals surface area (Å²) in [6.45, 7) is 5.29. The molecule has 1 aromatic rings. The summed E-state index contributed by atoms with van der Waals surface area (Å²) in [6, 6.07) is 4.39. The van der Waals surface area contributed by atoms with Gasteiger partial charge in [-0.15, -0.1) is 12.4 Å². The van der Waals surface area contributed by atoms with Crippen molar-refractivity contribution in [2.24, 2.45) is 11.7 Å². The van der Waals surface area contributed by atoms with Gasteiger partial charge in [0.25, 0.3) is 0 Å². The first-order valence-electron chi connectivity index (χ1n) is 5.78. The van der Waals surface area contributed by atoms with Crippen LogP contribution in [0.2, 0.25) is 0 Å². The Bertz CT molecular complexity index is 289. The normalized spacial score (nSPS) is 23.8. The highest BCUT2D eigenvalue weighted by molar-refractivity contribution is 5.85. The summed E-state index contributed by atoms with van der Waals surface area (Å²) in [5.74, 6) is 1.73. The van der Waals surface area contributed by atoms with Gasteiger partial charge >= 0.3 is 0 Å². The Morgan fingerprint density at radius 2 is 2.44 bits per heavy atom. The maximum absolute atomic E-state index is 5.73. The quantitative estimate of drug-likeness (QED) is 0.888. The van der Waals surface area contributed by atoms with E-state index >= 15 is 0 Å². The van der Waals surface area contributed by atoms with Gasteiger partial charge in [0, 0.05) is 6.54 Å². The molecular formula is C12H21ClN2O. The Kier molecular flexibility index (Phi) is 5.32. The van der Waals surface area contributed by atoms with E-state index in [1.807, 2.05) is 6.07 Å². The fourth-order valence-electron chi connectivity index (χ4n) is 2.35. The van der Waals surface area contributed by atoms with E-state index in [0.29, 0.717) is 12.0 Å². The van der Waals surface area contributed by atoms with Gasteiger partial charge in [0.05, 0.1) is 12.3 Å². The minimum absolute atomic E-state index is 0. The minimum atomic E-state index is 0. The van der Waals surface area contributed by atoms with Crippen LogP contribution in [0.3, 0.4) is 0 Å². The second-order valence-corrected chi connectivity index (χ2v) is 4.43. The van der Waals surface area contributed by atoms with Crippen molar-refractivity contribution in [3.63, 3.8) is 0 Å². The average molecular weight is 245 g/mol. The first-order chi connectivity index (χ1) is 7.31. The lowest BCUT2D eigenvalue weighted by atomic mass is 9.97. The molecule has 3 nitrogen and oxygen atoms in total. The molecule has 1 aliphatic rings. The van der Waals surface area contributed by atoms with Crippen LogP contribution in [0, 0.1) is 5.92 Å². The number of rotatable bonds is 3. The first kappa shape index (κ1) is 13.6. The molecule has 2 unspecified atom stereocenters. The zero-order valence-corrected chi connectivity index (χ0v) is 10.6. The molecule has 1 saturated heterocycles. The van der Waals surface area contributed by atoms with Crippen LogP contribution in [0.4, 0.5) is 0 Å². The van der Waals surface area contributed by atoms with E-state index < -0.39 is 0 Å². The zero-order valence-electron chi connectivity index (χ0n) is 9.76. The van der Waals surface area contributed by atoms with Gasteiger partial charge in [0.2, 0.25) is 0 Å². The molecule has 4 heteroatoms. The van der Waals surface area contributed by atoms with E-state index in [-0.39, 0.29) is 12.4 Å². The Labute approximate surface area is 103 Å². The zero-order chi connectivity index (χ0) is 10.7. The number of piperidine rings is 1. The van der Waals surface area contributed by atoms with Crippen molar-refractivity contribution < 1.29 is 4.42 Å². The highest BCUT2D eigenvalue weighted by Gasteiger charge is 2.24. The van der Waals surface area contributed by atoms with Crippen LogP contribution in [-0.2, 0) is 0 Å². The van der Waals surface area contributed by atoms with E-state index in [2.05, 4.69) is 17.9 Å². The molecule has 2 atom stereocenters. The molecule has 0 spiro atoms. The molecule has 0 saturated carbocycles. The number of hydrogen-bond donors (Lipinski definition) is 1. The molecule has 0 radical (unpaired) electrons. The number of likely N-dealkylation sites (tertiary alicyclic amines) is 1. The topological polar surface area (TPSA) is 42.4 Å². The molecule has 1 fully saturated rings. The third kappa shape index (κ3) is 3.00. The fraction of sp³-hybridized carbons (Fsp3) is 0.667. The maximum Gasteiger partial charge on any atom is 0.120 e. The number of nitrogens with zero attached hydrogens (tertiary/aromatic N) is 1. The Morgan fingerprint density at radius 3 is 3.06 bits per heavy atom. The second kappa shape index (κ2) is 6.28. The summed E-state index contributed by atoms with van der Waals surface area (Å²) in [5.41, 5.74) is 5.73. The number of furan rings is 1. The summed E-state index contributed by atoms with van der Waals surface area (Å²) < 4.78 is 5.44. The van der Waals surface area contributed by atoms with Crippen molar-refractivity contribution in [2.75, 3.05) is 19.6 Å². The molecule has 2 rings (SSSR count). The maximum atomic E-state index is 5.73. The average Bonchev–Trinajstić information content (AvgIpc) is 2.81. The van der Waals surface area contributed by atoms with Gasteiger partial charge in [-0.25, -0.2) is 0 Å². The van der Waals surface area contributed by atoms with Crippen LogP contribution in [0.15, 0.2) is 22.8 Å². The van der Waals surface area contributed by atoms with Crippen molar-refractivity contribution in [1.29, 1.82) is 0 Å². The van der Waals surface area contributed by atoms with Gasteiger partial charge in [0.15, 0.2) is 0 Å². The third-order valence-electron chi connectivity index (χ3n) is 3.39. The molecule has 16 heavy (non-hydrogen) atoms. The molecule has 1 aromatic heterocycles. The Balaban J connectivity index is 0.00000128. The SMILES string of the molecule is CC(c1ccco1)N1CCCC(CN)C1.Cl. The number of hydrogen-bond acceptors (Lipinski definition) is 3. The molecule has 0 amide bonds. The van der Waals surface area contributed by atoms with Crippen LogP contribution in [0.5, 0.6) is 0 Å². The molecule has 0 bridgehead atoms. The Hall–Kier alpha value is -0.510. The fourth-order valence-corrected chi connectivity index (χ4v) is 2.35. The van der Waals surface area contributed by atoms with Gasteiger partial charge in [0.1, 0.15) is 5.76 Å². The van der Waals surface area contributed by atoms with Crippen LogP contribution >= 0.6 is 12.4 Å². The van der Waals surface area contributed by atoms with Crippen LogP contribution in [-0.4, -0.2) is 24.5 Å². The molecule has 2 heterocycles. The van der Waals surface area contributed by atoms with E-state index in [4.69, 9.17) is 10.2 Å². The lowest BCUT2D eigenvalue weighted by molar-refractivity contribution is 0.121. The van der Waals surface area contributed by atoms with Crippen molar-refractivity contribution in [3.05, 3.63) is 24.2 Å². The van der Waals surface area contributed by atoms with Crippen LogP contribution in [0.25, 0.3) is 0 Å².